The average Bonchev–Trinajstić information content (AvgIpc) is 2.36. The maximum absolute atomic E-state index is 5.21. The molecule has 0 fully saturated rings. The summed E-state index contributed by atoms with van der Waals surface area (Å²) in [6.07, 6.45) is 1.76. The van der Waals surface area contributed by atoms with Crippen LogP contribution in [0.15, 0.2) is 41.2 Å². The Morgan fingerprint density at radius 3 is 2.86 bits per heavy atom. The number of fused-ring (bicyclic) bond motifs is 1. The van der Waals surface area contributed by atoms with Crippen molar-refractivity contribution in [2.24, 2.45) is 4.99 Å². The third kappa shape index (κ3) is 1.48. The zero-order chi connectivity index (χ0) is 9.97. The number of benzene rings is 1. The number of para-hydroxylation sites is 1. The van der Waals surface area contributed by atoms with Gasteiger partial charge in [-0.05, 0) is 19.1 Å². The van der Waals surface area contributed by atoms with Crippen LogP contribution in [0.2, 0.25) is 0 Å². The number of anilines is 1. The number of nitrogens with zero attached hydrogens (tertiary/aromatic N) is 1. The molecule has 0 aromatic heterocycles. The highest BCUT2D eigenvalue weighted by Gasteiger charge is 2.11. The molecule has 0 amide bonds. The van der Waals surface area contributed by atoms with Gasteiger partial charge in [0, 0.05) is 11.9 Å². The predicted octanol–water partition coefficient (Wildman–Crippen LogP) is 2.37. The summed E-state index contributed by atoms with van der Waals surface area (Å²) in [6.45, 7) is 1.97. The molecule has 3 heteroatoms. The van der Waals surface area contributed by atoms with E-state index in [0.717, 1.165) is 16.9 Å². The number of rotatable bonds is 0. The van der Waals surface area contributed by atoms with Gasteiger partial charge in [-0.1, -0.05) is 12.1 Å². The van der Waals surface area contributed by atoms with Crippen molar-refractivity contribution in [1.82, 2.24) is 0 Å². The molecule has 72 valence electrons. The number of hydrogen-bond acceptors (Lipinski definition) is 3. The van der Waals surface area contributed by atoms with E-state index in [4.69, 9.17) is 4.74 Å². The minimum atomic E-state index is 0.643. The Balaban J connectivity index is 2.54. The fourth-order valence-electron chi connectivity index (χ4n) is 1.41. The molecule has 1 heterocycles. The van der Waals surface area contributed by atoms with E-state index >= 15 is 0 Å². The van der Waals surface area contributed by atoms with Crippen LogP contribution in [0.25, 0.3) is 0 Å². The van der Waals surface area contributed by atoms with E-state index in [1.54, 1.807) is 13.3 Å². The summed E-state index contributed by atoms with van der Waals surface area (Å²) in [7, 11) is 1.63. The summed E-state index contributed by atoms with van der Waals surface area (Å²) >= 11 is 0. The van der Waals surface area contributed by atoms with Gasteiger partial charge in [0.05, 0.1) is 18.4 Å². The van der Waals surface area contributed by atoms with E-state index in [2.05, 4.69) is 10.3 Å². The molecule has 1 aromatic rings. The van der Waals surface area contributed by atoms with Crippen LogP contribution >= 0.6 is 0 Å². The molecule has 2 rings (SSSR count). The summed E-state index contributed by atoms with van der Waals surface area (Å²) in [5, 5.41) is 3.25. The molecule has 0 atom stereocenters. The van der Waals surface area contributed by atoms with Crippen LogP contribution in [0.4, 0.5) is 5.69 Å². The van der Waals surface area contributed by atoms with Crippen LogP contribution in [-0.2, 0) is 4.74 Å². The minimum Gasteiger partial charge on any atom is -0.481 e. The Labute approximate surface area is 83.1 Å². The first-order valence-electron chi connectivity index (χ1n) is 4.46. The number of methoxy groups -OCH3 is 1. The van der Waals surface area contributed by atoms with Gasteiger partial charge in [-0.3, -0.25) is 0 Å². The van der Waals surface area contributed by atoms with Crippen molar-refractivity contribution in [2.45, 2.75) is 6.92 Å². The fraction of sp³-hybridized carbons (Fsp3) is 0.182. The summed E-state index contributed by atoms with van der Waals surface area (Å²) in [5.41, 5.74) is 3.02. The SMILES string of the molecule is COC1=NC=C(C)Nc2ccccc21. The maximum atomic E-state index is 5.21. The molecule has 0 radical (unpaired) electrons. The number of aliphatic imine (C=N–C) groups is 1. The van der Waals surface area contributed by atoms with Crippen LogP contribution in [0.1, 0.15) is 12.5 Å². The average molecular weight is 188 g/mol. The smallest absolute Gasteiger partial charge is 0.222 e. The van der Waals surface area contributed by atoms with E-state index in [0.29, 0.717) is 5.90 Å². The Kier molecular flexibility index (Phi) is 2.23. The molecule has 0 unspecified atom stereocenters. The van der Waals surface area contributed by atoms with Gasteiger partial charge < -0.3 is 10.1 Å². The monoisotopic (exact) mass is 188 g/mol. The second-order valence-electron chi connectivity index (χ2n) is 3.12. The van der Waals surface area contributed by atoms with Gasteiger partial charge in [-0.2, -0.15) is 0 Å². The Hall–Kier alpha value is -1.77. The lowest BCUT2D eigenvalue weighted by molar-refractivity contribution is 0.405. The highest BCUT2D eigenvalue weighted by Crippen LogP contribution is 2.20. The molecule has 0 bridgehead atoms. The molecule has 0 spiro atoms. The standard InChI is InChI=1S/C11H12N2O/c1-8-7-12-11(14-2)9-5-3-4-6-10(9)13-8/h3-7,13H,1-2H3. The van der Waals surface area contributed by atoms with Gasteiger partial charge in [0.1, 0.15) is 0 Å². The molecule has 1 aliphatic rings. The summed E-state index contributed by atoms with van der Waals surface area (Å²) in [6, 6.07) is 7.94. The first kappa shape index (κ1) is 8.81. The second kappa shape index (κ2) is 3.54. The van der Waals surface area contributed by atoms with Gasteiger partial charge in [0.15, 0.2) is 0 Å². The topological polar surface area (TPSA) is 33.6 Å². The minimum absolute atomic E-state index is 0.643. The summed E-state index contributed by atoms with van der Waals surface area (Å²) < 4.78 is 5.21. The molecule has 1 aromatic carbocycles. The van der Waals surface area contributed by atoms with Crippen molar-refractivity contribution in [1.29, 1.82) is 0 Å². The van der Waals surface area contributed by atoms with Crippen molar-refractivity contribution in [3.05, 3.63) is 41.7 Å². The zero-order valence-corrected chi connectivity index (χ0v) is 8.24. The van der Waals surface area contributed by atoms with Gasteiger partial charge in [0.25, 0.3) is 0 Å². The maximum Gasteiger partial charge on any atom is 0.222 e. The molecule has 3 nitrogen and oxygen atoms in total. The van der Waals surface area contributed by atoms with Crippen LogP contribution in [0.5, 0.6) is 0 Å². The summed E-state index contributed by atoms with van der Waals surface area (Å²) in [4.78, 5) is 4.23. The quantitative estimate of drug-likeness (QED) is 0.678. The number of hydrogen-bond donors (Lipinski definition) is 1. The van der Waals surface area contributed by atoms with Crippen molar-refractivity contribution < 1.29 is 4.74 Å². The molecule has 0 saturated heterocycles. The first-order valence-corrected chi connectivity index (χ1v) is 4.46. The number of nitrogens with one attached hydrogen (secondary N) is 1. The van der Waals surface area contributed by atoms with Crippen molar-refractivity contribution in [2.75, 3.05) is 12.4 Å². The first-order chi connectivity index (χ1) is 6.81. The molecule has 1 aliphatic heterocycles. The third-order valence-electron chi connectivity index (χ3n) is 2.06. The Bertz CT molecular complexity index is 408. The van der Waals surface area contributed by atoms with Crippen LogP contribution < -0.4 is 5.32 Å². The van der Waals surface area contributed by atoms with E-state index in [1.165, 1.54) is 0 Å². The van der Waals surface area contributed by atoms with E-state index in [-0.39, 0.29) is 0 Å². The van der Waals surface area contributed by atoms with Crippen molar-refractivity contribution in [3.63, 3.8) is 0 Å². The van der Waals surface area contributed by atoms with Crippen molar-refractivity contribution in [3.8, 4) is 0 Å². The molecular formula is C11H12N2O. The molecular weight excluding hydrogens is 176 g/mol. The highest BCUT2D eigenvalue weighted by atomic mass is 16.5. The number of ether oxygens (including phenoxy) is 1. The van der Waals surface area contributed by atoms with Gasteiger partial charge >= 0.3 is 0 Å². The van der Waals surface area contributed by atoms with Crippen LogP contribution in [-0.4, -0.2) is 13.0 Å². The molecule has 1 N–H and O–H groups in total. The fourth-order valence-corrected chi connectivity index (χ4v) is 1.41. The second-order valence-corrected chi connectivity index (χ2v) is 3.12. The lowest BCUT2D eigenvalue weighted by atomic mass is 10.2. The lowest BCUT2D eigenvalue weighted by Crippen LogP contribution is -2.05. The molecule has 0 saturated carbocycles. The largest absolute Gasteiger partial charge is 0.481 e. The Morgan fingerprint density at radius 1 is 1.29 bits per heavy atom. The highest BCUT2D eigenvalue weighted by molar-refractivity contribution is 6.00. The number of allylic oxidation sites excluding steroid dienone is 1. The van der Waals surface area contributed by atoms with Crippen molar-refractivity contribution >= 4 is 11.6 Å². The Morgan fingerprint density at radius 2 is 2.07 bits per heavy atom. The zero-order valence-electron chi connectivity index (χ0n) is 8.24. The molecule has 0 aliphatic carbocycles. The predicted molar refractivity (Wildman–Crippen MR) is 57.4 cm³/mol. The van der Waals surface area contributed by atoms with Gasteiger partial charge in [-0.25, -0.2) is 4.99 Å². The van der Waals surface area contributed by atoms with E-state index < -0.39 is 0 Å². The lowest BCUT2D eigenvalue weighted by Gasteiger charge is -2.09. The van der Waals surface area contributed by atoms with Gasteiger partial charge in [0.2, 0.25) is 5.90 Å². The van der Waals surface area contributed by atoms with Gasteiger partial charge in [-0.15, -0.1) is 0 Å². The summed E-state index contributed by atoms with van der Waals surface area (Å²) in [5.74, 6) is 0.643. The van der Waals surface area contributed by atoms with Crippen LogP contribution in [0.3, 0.4) is 0 Å². The van der Waals surface area contributed by atoms with E-state index in [9.17, 15) is 0 Å². The molecule has 14 heavy (non-hydrogen) atoms. The third-order valence-corrected chi connectivity index (χ3v) is 2.06. The normalized spacial score (nSPS) is 14.4. The van der Waals surface area contributed by atoms with Crippen LogP contribution in [0, 0.1) is 0 Å². The van der Waals surface area contributed by atoms with E-state index in [1.807, 2.05) is 31.2 Å².